The van der Waals surface area contributed by atoms with Crippen LogP contribution in [0.3, 0.4) is 0 Å². The zero-order valence-corrected chi connectivity index (χ0v) is 11.5. The normalized spacial score (nSPS) is 11.9. The zero-order chi connectivity index (χ0) is 13.1. The molecule has 1 aromatic carbocycles. The maximum Gasteiger partial charge on any atom is 0.115 e. The Kier molecular flexibility index (Phi) is 3.63. The van der Waals surface area contributed by atoms with E-state index in [0.29, 0.717) is 0 Å². The predicted molar refractivity (Wildman–Crippen MR) is 74.8 cm³/mol. The van der Waals surface area contributed by atoms with Crippen molar-refractivity contribution in [2.24, 2.45) is 0 Å². The molecule has 0 amide bonds. The molecule has 2 aromatic rings. The second-order valence-corrected chi connectivity index (χ2v) is 5.58. The van der Waals surface area contributed by atoms with Gasteiger partial charge in [-0.1, -0.05) is 0 Å². The summed E-state index contributed by atoms with van der Waals surface area (Å²) in [5, 5.41) is 13.4. The number of nitrogens with zero attached hydrogens (tertiary/aromatic N) is 2. The third kappa shape index (κ3) is 2.69. The van der Waals surface area contributed by atoms with Crippen LogP contribution in [0.25, 0.3) is 0 Å². The smallest absolute Gasteiger partial charge is 0.115 e. The fraction of sp³-hybridized carbons (Fsp3) is 0.286. The zero-order valence-electron chi connectivity index (χ0n) is 10.7. The summed E-state index contributed by atoms with van der Waals surface area (Å²) >= 11 is 1.70. The van der Waals surface area contributed by atoms with E-state index in [1.807, 2.05) is 31.3 Å². The molecule has 0 aliphatic carbocycles. The number of rotatable bonds is 3. The van der Waals surface area contributed by atoms with Gasteiger partial charge in [0, 0.05) is 16.8 Å². The first kappa shape index (κ1) is 12.6. The summed E-state index contributed by atoms with van der Waals surface area (Å²) < 4.78 is 0. The monoisotopic (exact) mass is 257 g/mol. The number of anilines is 1. The van der Waals surface area contributed by atoms with Gasteiger partial charge in [-0.2, -0.15) is 5.26 Å². The Morgan fingerprint density at radius 3 is 2.72 bits per heavy atom. The average Bonchev–Trinajstić information content (AvgIpc) is 2.76. The minimum absolute atomic E-state index is 0.177. The summed E-state index contributed by atoms with van der Waals surface area (Å²) in [6.07, 6.45) is 1.89. The van der Waals surface area contributed by atoms with E-state index in [1.54, 1.807) is 11.3 Å². The molecule has 0 saturated carbocycles. The number of benzene rings is 1. The molecule has 0 fully saturated rings. The maximum atomic E-state index is 8.89. The Bertz CT molecular complexity index is 595. The number of hydrogen-bond acceptors (Lipinski definition) is 4. The quantitative estimate of drug-likeness (QED) is 0.909. The third-order valence-corrected chi connectivity index (χ3v) is 3.84. The molecule has 1 aromatic heterocycles. The number of aromatic nitrogens is 1. The lowest BCUT2D eigenvalue weighted by Gasteiger charge is -2.13. The van der Waals surface area contributed by atoms with Crippen molar-refractivity contribution in [3.63, 3.8) is 0 Å². The molecule has 0 bridgehead atoms. The van der Waals surface area contributed by atoms with Crippen molar-refractivity contribution in [2.45, 2.75) is 26.8 Å². The number of hydrogen-bond donors (Lipinski definition) is 1. The molecular weight excluding hydrogens is 242 g/mol. The van der Waals surface area contributed by atoms with Crippen LogP contribution in [0.4, 0.5) is 5.69 Å². The van der Waals surface area contributed by atoms with E-state index in [2.05, 4.69) is 30.2 Å². The van der Waals surface area contributed by atoms with E-state index in [9.17, 15) is 0 Å². The van der Waals surface area contributed by atoms with Crippen LogP contribution in [0.2, 0.25) is 0 Å². The molecule has 2 rings (SSSR count). The molecule has 1 N–H and O–H groups in total. The van der Waals surface area contributed by atoms with Crippen molar-refractivity contribution in [3.05, 3.63) is 45.4 Å². The first-order valence-electron chi connectivity index (χ1n) is 5.80. The first-order chi connectivity index (χ1) is 8.60. The van der Waals surface area contributed by atoms with Crippen molar-refractivity contribution in [1.82, 2.24) is 4.98 Å². The highest BCUT2D eigenvalue weighted by Crippen LogP contribution is 2.24. The Labute approximate surface area is 111 Å². The van der Waals surface area contributed by atoms with Crippen LogP contribution < -0.4 is 5.32 Å². The van der Waals surface area contributed by atoms with Gasteiger partial charge in [0.25, 0.3) is 0 Å². The molecule has 1 unspecified atom stereocenters. The molecular formula is C14H15N3S. The molecule has 0 aliphatic rings. The van der Waals surface area contributed by atoms with Gasteiger partial charge in [-0.05, 0) is 44.5 Å². The van der Waals surface area contributed by atoms with Crippen LogP contribution in [-0.2, 0) is 0 Å². The highest BCUT2D eigenvalue weighted by Gasteiger charge is 2.09. The van der Waals surface area contributed by atoms with Gasteiger partial charge in [0.15, 0.2) is 0 Å². The minimum Gasteiger partial charge on any atom is -0.376 e. The summed E-state index contributed by atoms with van der Waals surface area (Å²) in [5.41, 5.74) is 2.73. The number of nitrogens with one attached hydrogen (secondary N) is 1. The molecule has 0 saturated heterocycles. The largest absolute Gasteiger partial charge is 0.376 e. The van der Waals surface area contributed by atoms with E-state index in [-0.39, 0.29) is 6.04 Å². The van der Waals surface area contributed by atoms with Gasteiger partial charge in [0.2, 0.25) is 0 Å². The molecule has 1 atom stereocenters. The summed E-state index contributed by atoms with van der Waals surface area (Å²) in [6, 6.07) is 8.12. The van der Waals surface area contributed by atoms with Gasteiger partial charge < -0.3 is 5.32 Å². The van der Waals surface area contributed by atoms with Crippen LogP contribution in [0.5, 0.6) is 0 Å². The second kappa shape index (κ2) is 5.19. The Hall–Kier alpha value is -1.86. The Morgan fingerprint density at radius 2 is 2.17 bits per heavy atom. The highest BCUT2D eigenvalue weighted by molar-refractivity contribution is 7.11. The Balaban J connectivity index is 2.15. The van der Waals surface area contributed by atoms with E-state index >= 15 is 0 Å². The molecule has 1 heterocycles. The number of aryl methyl sites for hydroxylation is 2. The van der Waals surface area contributed by atoms with Crippen LogP contribution in [0.15, 0.2) is 24.4 Å². The molecule has 18 heavy (non-hydrogen) atoms. The standard InChI is InChI=1S/C14H15N3S/c1-9-6-13(5-4-12(9)7-15)17-11(3)14-16-8-10(2)18-14/h4-6,8,11,17H,1-3H3. The van der Waals surface area contributed by atoms with Crippen molar-refractivity contribution in [2.75, 3.05) is 5.32 Å². The van der Waals surface area contributed by atoms with Crippen molar-refractivity contribution < 1.29 is 0 Å². The SMILES string of the molecule is Cc1cnc(C(C)Nc2ccc(C#N)c(C)c2)s1. The topological polar surface area (TPSA) is 48.7 Å². The second-order valence-electron chi connectivity index (χ2n) is 4.32. The maximum absolute atomic E-state index is 8.89. The summed E-state index contributed by atoms with van der Waals surface area (Å²) in [5.74, 6) is 0. The van der Waals surface area contributed by atoms with Crippen molar-refractivity contribution in [3.8, 4) is 6.07 Å². The van der Waals surface area contributed by atoms with Crippen LogP contribution in [0.1, 0.15) is 34.0 Å². The fourth-order valence-electron chi connectivity index (χ4n) is 1.76. The van der Waals surface area contributed by atoms with Gasteiger partial charge in [-0.25, -0.2) is 4.98 Å². The van der Waals surface area contributed by atoms with Crippen molar-refractivity contribution >= 4 is 17.0 Å². The fourth-order valence-corrected chi connectivity index (χ4v) is 2.54. The van der Waals surface area contributed by atoms with Gasteiger partial charge in [-0.3, -0.25) is 0 Å². The van der Waals surface area contributed by atoms with Crippen molar-refractivity contribution in [1.29, 1.82) is 5.26 Å². The first-order valence-corrected chi connectivity index (χ1v) is 6.61. The van der Waals surface area contributed by atoms with Crippen LogP contribution in [0, 0.1) is 25.2 Å². The lowest BCUT2D eigenvalue weighted by Crippen LogP contribution is -2.06. The van der Waals surface area contributed by atoms with E-state index in [1.165, 1.54) is 4.88 Å². The molecule has 3 nitrogen and oxygen atoms in total. The predicted octanol–water partition coefficient (Wildman–Crippen LogP) is 3.80. The molecule has 0 spiro atoms. The van der Waals surface area contributed by atoms with Gasteiger partial charge >= 0.3 is 0 Å². The average molecular weight is 257 g/mol. The van der Waals surface area contributed by atoms with E-state index in [4.69, 9.17) is 5.26 Å². The molecule has 0 radical (unpaired) electrons. The Morgan fingerprint density at radius 1 is 1.39 bits per heavy atom. The van der Waals surface area contributed by atoms with Crippen LogP contribution >= 0.6 is 11.3 Å². The summed E-state index contributed by atoms with van der Waals surface area (Å²) in [6.45, 7) is 6.09. The lowest BCUT2D eigenvalue weighted by molar-refractivity contribution is 0.869. The third-order valence-electron chi connectivity index (χ3n) is 2.74. The minimum atomic E-state index is 0.177. The van der Waals surface area contributed by atoms with E-state index < -0.39 is 0 Å². The van der Waals surface area contributed by atoms with Gasteiger partial charge in [0.05, 0.1) is 17.7 Å². The van der Waals surface area contributed by atoms with E-state index in [0.717, 1.165) is 21.8 Å². The van der Waals surface area contributed by atoms with Crippen LogP contribution in [-0.4, -0.2) is 4.98 Å². The van der Waals surface area contributed by atoms with Gasteiger partial charge in [0.1, 0.15) is 5.01 Å². The molecule has 4 heteroatoms. The number of nitriles is 1. The lowest BCUT2D eigenvalue weighted by atomic mass is 10.1. The summed E-state index contributed by atoms with van der Waals surface area (Å²) in [4.78, 5) is 5.59. The van der Waals surface area contributed by atoms with Gasteiger partial charge in [-0.15, -0.1) is 11.3 Å². The number of thiazole rings is 1. The highest BCUT2D eigenvalue weighted by atomic mass is 32.1. The molecule has 92 valence electrons. The molecule has 0 aliphatic heterocycles. The summed E-state index contributed by atoms with van der Waals surface area (Å²) in [7, 11) is 0.